The molecule has 5 nitrogen and oxygen atoms in total. The highest BCUT2D eigenvalue weighted by molar-refractivity contribution is 5.76. The van der Waals surface area contributed by atoms with Gasteiger partial charge in [-0.2, -0.15) is 5.10 Å². The summed E-state index contributed by atoms with van der Waals surface area (Å²) in [7, 11) is 0. The molecule has 18 heavy (non-hydrogen) atoms. The smallest absolute Gasteiger partial charge is 0.0918 e. The van der Waals surface area contributed by atoms with E-state index in [0.29, 0.717) is 12.5 Å². The molecule has 0 unspecified atom stereocenters. The van der Waals surface area contributed by atoms with Gasteiger partial charge in [0.2, 0.25) is 0 Å². The van der Waals surface area contributed by atoms with Gasteiger partial charge in [-0.3, -0.25) is 15.0 Å². The van der Waals surface area contributed by atoms with Crippen LogP contribution in [-0.2, 0) is 13.1 Å². The summed E-state index contributed by atoms with van der Waals surface area (Å²) in [5, 5.41) is 11.8. The lowest BCUT2D eigenvalue weighted by Gasteiger charge is -2.26. The molecule has 102 valence electrons. The van der Waals surface area contributed by atoms with Crippen LogP contribution < -0.4 is 5.73 Å². The molecule has 1 aromatic rings. The number of nitrogens with one attached hydrogen (secondary N) is 1. The van der Waals surface area contributed by atoms with E-state index in [0.717, 1.165) is 25.3 Å². The summed E-state index contributed by atoms with van der Waals surface area (Å²) in [6.07, 6.45) is 0.622. The van der Waals surface area contributed by atoms with Crippen LogP contribution >= 0.6 is 0 Å². The van der Waals surface area contributed by atoms with Crippen LogP contribution in [0.4, 0.5) is 0 Å². The van der Waals surface area contributed by atoms with Crippen molar-refractivity contribution in [2.75, 3.05) is 6.54 Å². The summed E-state index contributed by atoms with van der Waals surface area (Å²) in [6, 6.07) is 2.57. The molecule has 0 aliphatic heterocycles. The van der Waals surface area contributed by atoms with E-state index in [4.69, 9.17) is 11.1 Å². The van der Waals surface area contributed by atoms with Gasteiger partial charge in [0.1, 0.15) is 0 Å². The van der Waals surface area contributed by atoms with Gasteiger partial charge in [0.05, 0.1) is 17.2 Å². The van der Waals surface area contributed by atoms with Crippen molar-refractivity contribution >= 4 is 5.84 Å². The molecule has 0 aromatic carbocycles. The van der Waals surface area contributed by atoms with Crippen LogP contribution in [0.15, 0.2) is 6.07 Å². The van der Waals surface area contributed by atoms with Crippen molar-refractivity contribution in [3.63, 3.8) is 0 Å². The molecular formula is C13H25N5. The number of nitrogens with zero attached hydrogens (tertiary/aromatic N) is 3. The Hall–Kier alpha value is -1.36. The van der Waals surface area contributed by atoms with Crippen LogP contribution in [0.1, 0.15) is 38.6 Å². The Balaban J connectivity index is 2.73. The monoisotopic (exact) mass is 251 g/mol. The fraction of sp³-hybridized carbons (Fsp3) is 0.692. The maximum Gasteiger partial charge on any atom is 0.0918 e. The molecule has 1 aromatic heterocycles. The molecular weight excluding hydrogens is 226 g/mol. The lowest BCUT2D eigenvalue weighted by Crippen LogP contribution is -2.34. The Morgan fingerprint density at radius 1 is 1.56 bits per heavy atom. The van der Waals surface area contributed by atoms with E-state index in [-0.39, 0.29) is 5.84 Å². The molecule has 0 aliphatic rings. The van der Waals surface area contributed by atoms with Gasteiger partial charge in [0.15, 0.2) is 0 Å². The molecule has 0 radical (unpaired) electrons. The molecule has 0 bridgehead atoms. The minimum atomic E-state index is 0.251. The summed E-state index contributed by atoms with van der Waals surface area (Å²) in [4.78, 5) is 2.32. The standard InChI is InChI=1S/C13H25N5/c1-5-18-12(8-11(4)16-18)9-17(10(2)3)7-6-13(14)15/h8,10H,5-7,9H2,1-4H3,(H3,14,15). The quantitative estimate of drug-likeness (QED) is 0.573. The van der Waals surface area contributed by atoms with Gasteiger partial charge in [0, 0.05) is 32.1 Å². The van der Waals surface area contributed by atoms with E-state index >= 15 is 0 Å². The predicted molar refractivity (Wildman–Crippen MR) is 74.7 cm³/mol. The fourth-order valence-electron chi connectivity index (χ4n) is 1.99. The molecule has 1 heterocycles. The third-order valence-corrected chi connectivity index (χ3v) is 3.05. The van der Waals surface area contributed by atoms with E-state index < -0.39 is 0 Å². The lowest BCUT2D eigenvalue weighted by molar-refractivity contribution is 0.212. The average molecular weight is 251 g/mol. The molecule has 0 fully saturated rings. The molecule has 0 aliphatic carbocycles. The third kappa shape index (κ3) is 4.14. The molecule has 0 saturated heterocycles. The summed E-state index contributed by atoms with van der Waals surface area (Å²) >= 11 is 0. The van der Waals surface area contributed by atoms with Crippen LogP contribution in [0.5, 0.6) is 0 Å². The number of rotatable bonds is 7. The van der Waals surface area contributed by atoms with Crippen molar-refractivity contribution in [3.05, 3.63) is 17.5 Å². The molecule has 0 saturated carbocycles. The van der Waals surface area contributed by atoms with Gasteiger partial charge in [-0.25, -0.2) is 0 Å². The Kier molecular flexibility index (Phi) is 5.34. The van der Waals surface area contributed by atoms with Crippen molar-refractivity contribution in [1.29, 1.82) is 5.41 Å². The minimum absolute atomic E-state index is 0.251. The van der Waals surface area contributed by atoms with Gasteiger partial charge in [-0.05, 0) is 33.8 Å². The van der Waals surface area contributed by atoms with Crippen molar-refractivity contribution in [1.82, 2.24) is 14.7 Å². The number of amidine groups is 1. The maximum atomic E-state index is 7.32. The Morgan fingerprint density at radius 3 is 2.72 bits per heavy atom. The summed E-state index contributed by atoms with van der Waals surface area (Å²) < 4.78 is 2.04. The molecule has 5 heteroatoms. The van der Waals surface area contributed by atoms with Crippen LogP contribution in [0, 0.1) is 12.3 Å². The highest BCUT2D eigenvalue weighted by Gasteiger charge is 2.13. The molecule has 3 N–H and O–H groups in total. The summed E-state index contributed by atoms with van der Waals surface area (Å²) in [6.45, 7) is 11.0. The Bertz CT molecular complexity index is 394. The van der Waals surface area contributed by atoms with Crippen LogP contribution in [0.25, 0.3) is 0 Å². The number of hydrogen-bond donors (Lipinski definition) is 2. The van der Waals surface area contributed by atoms with E-state index in [1.165, 1.54) is 5.69 Å². The second kappa shape index (κ2) is 6.54. The second-order valence-electron chi connectivity index (χ2n) is 4.93. The number of hydrogen-bond acceptors (Lipinski definition) is 3. The van der Waals surface area contributed by atoms with Gasteiger partial charge < -0.3 is 5.73 Å². The van der Waals surface area contributed by atoms with Gasteiger partial charge in [0.25, 0.3) is 0 Å². The number of aromatic nitrogens is 2. The zero-order chi connectivity index (χ0) is 13.7. The molecule has 0 amide bonds. The van der Waals surface area contributed by atoms with E-state index in [2.05, 4.69) is 36.8 Å². The highest BCUT2D eigenvalue weighted by Crippen LogP contribution is 2.11. The summed E-state index contributed by atoms with van der Waals surface area (Å²) in [5.74, 6) is 0.251. The van der Waals surface area contributed by atoms with Crippen molar-refractivity contribution in [2.24, 2.45) is 5.73 Å². The Morgan fingerprint density at radius 2 is 2.22 bits per heavy atom. The molecule has 0 spiro atoms. The van der Waals surface area contributed by atoms with Gasteiger partial charge >= 0.3 is 0 Å². The number of aryl methyl sites for hydroxylation is 2. The average Bonchev–Trinajstić information content (AvgIpc) is 2.64. The third-order valence-electron chi connectivity index (χ3n) is 3.05. The molecule has 1 rings (SSSR count). The second-order valence-corrected chi connectivity index (χ2v) is 4.93. The van der Waals surface area contributed by atoms with Crippen molar-refractivity contribution in [3.8, 4) is 0 Å². The van der Waals surface area contributed by atoms with Crippen LogP contribution in [0.2, 0.25) is 0 Å². The lowest BCUT2D eigenvalue weighted by atomic mass is 10.2. The highest BCUT2D eigenvalue weighted by atomic mass is 15.3. The van der Waals surface area contributed by atoms with E-state index in [1.807, 2.05) is 11.6 Å². The number of nitrogens with two attached hydrogens (primary N) is 1. The van der Waals surface area contributed by atoms with Crippen molar-refractivity contribution in [2.45, 2.75) is 53.2 Å². The van der Waals surface area contributed by atoms with Gasteiger partial charge in [-0.1, -0.05) is 0 Å². The predicted octanol–water partition coefficient (Wildman–Crippen LogP) is 1.75. The zero-order valence-electron chi connectivity index (χ0n) is 11.9. The Labute approximate surface area is 109 Å². The fourth-order valence-corrected chi connectivity index (χ4v) is 1.99. The minimum Gasteiger partial charge on any atom is -0.388 e. The first-order valence-corrected chi connectivity index (χ1v) is 6.54. The first-order chi connectivity index (χ1) is 8.43. The van der Waals surface area contributed by atoms with Gasteiger partial charge in [-0.15, -0.1) is 0 Å². The SMILES string of the molecule is CCn1nc(C)cc1CN(CCC(=N)N)C(C)C. The summed E-state index contributed by atoms with van der Waals surface area (Å²) in [5.41, 5.74) is 7.72. The topological polar surface area (TPSA) is 70.9 Å². The van der Waals surface area contributed by atoms with Crippen LogP contribution in [0.3, 0.4) is 0 Å². The maximum absolute atomic E-state index is 7.32. The largest absolute Gasteiger partial charge is 0.388 e. The van der Waals surface area contributed by atoms with E-state index in [9.17, 15) is 0 Å². The first kappa shape index (κ1) is 14.7. The first-order valence-electron chi connectivity index (χ1n) is 6.54. The van der Waals surface area contributed by atoms with Crippen LogP contribution in [-0.4, -0.2) is 33.1 Å². The zero-order valence-corrected chi connectivity index (χ0v) is 11.9. The van der Waals surface area contributed by atoms with Crippen molar-refractivity contribution < 1.29 is 0 Å². The van der Waals surface area contributed by atoms with E-state index in [1.54, 1.807) is 0 Å². The molecule has 0 atom stereocenters. The normalized spacial score (nSPS) is 11.4.